The zero-order chi connectivity index (χ0) is 16.4. The Morgan fingerprint density at radius 1 is 1.35 bits per heavy atom. The summed E-state index contributed by atoms with van der Waals surface area (Å²) in [7, 11) is 0. The summed E-state index contributed by atoms with van der Waals surface area (Å²) in [5.74, 6) is -0.598. The van der Waals surface area contributed by atoms with Crippen molar-refractivity contribution in [3.05, 3.63) is 34.9 Å². The molecule has 1 aromatic carbocycles. The first-order valence-electron chi connectivity index (χ1n) is 7.93. The number of carboxylic acids is 1. The van der Waals surface area contributed by atoms with E-state index < -0.39 is 18.1 Å². The van der Waals surface area contributed by atoms with Gasteiger partial charge in [0.25, 0.3) is 0 Å². The molecular weight excluding hydrogens is 318 g/mol. The van der Waals surface area contributed by atoms with Crippen LogP contribution in [0.4, 0.5) is 0 Å². The Morgan fingerprint density at radius 3 is 2.78 bits per heavy atom. The highest BCUT2D eigenvalue weighted by atomic mass is 35.5. The molecule has 2 aliphatic heterocycles. The standard InChI is InChI=1S/C16H22ClN3O3/c17-12-3-1-10(2-4-12)15-11(8-18-19-15)9-20-6-5-13(21)7-14(20)16(22)23/h1-4,11,13-15,18-19,21H,5-9H2,(H,22,23)/t11?,13-,14+,15?/m1/s1. The lowest BCUT2D eigenvalue weighted by atomic mass is 9.92. The Morgan fingerprint density at radius 2 is 2.09 bits per heavy atom. The van der Waals surface area contributed by atoms with Crippen molar-refractivity contribution >= 4 is 17.6 Å². The first-order valence-corrected chi connectivity index (χ1v) is 8.31. The van der Waals surface area contributed by atoms with Crippen LogP contribution >= 0.6 is 11.6 Å². The normalized spacial score (nSPS) is 32.1. The minimum absolute atomic E-state index is 0.119. The number of piperidine rings is 1. The van der Waals surface area contributed by atoms with Crippen molar-refractivity contribution in [3.63, 3.8) is 0 Å². The van der Waals surface area contributed by atoms with Crippen molar-refractivity contribution in [2.24, 2.45) is 5.92 Å². The fraction of sp³-hybridized carbons (Fsp3) is 0.562. The Hall–Kier alpha value is -1.18. The molecule has 4 N–H and O–H groups in total. The fourth-order valence-corrected chi connectivity index (χ4v) is 3.63. The number of halogens is 1. The number of rotatable bonds is 4. The highest BCUT2D eigenvalue weighted by Gasteiger charge is 2.37. The van der Waals surface area contributed by atoms with E-state index in [1.807, 2.05) is 29.2 Å². The summed E-state index contributed by atoms with van der Waals surface area (Å²) < 4.78 is 0. The molecule has 2 fully saturated rings. The fourth-order valence-electron chi connectivity index (χ4n) is 3.50. The van der Waals surface area contributed by atoms with Crippen LogP contribution in [0.25, 0.3) is 0 Å². The molecule has 126 valence electrons. The van der Waals surface area contributed by atoms with Gasteiger partial charge in [-0.2, -0.15) is 0 Å². The summed E-state index contributed by atoms with van der Waals surface area (Å²) in [6.45, 7) is 2.07. The number of likely N-dealkylation sites (tertiary alicyclic amines) is 1. The smallest absolute Gasteiger partial charge is 0.321 e. The van der Waals surface area contributed by atoms with Gasteiger partial charge in [0.2, 0.25) is 0 Å². The minimum Gasteiger partial charge on any atom is -0.480 e. The summed E-state index contributed by atoms with van der Waals surface area (Å²) in [4.78, 5) is 13.5. The number of hydrogen-bond acceptors (Lipinski definition) is 5. The van der Waals surface area contributed by atoms with Crippen molar-refractivity contribution in [1.82, 2.24) is 15.8 Å². The Labute approximate surface area is 140 Å². The average Bonchev–Trinajstić information content (AvgIpc) is 2.98. The lowest BCUT2D eigenvalue weighted by Gasteiger charge is -2.37. The van der Waals surface area contributed by atoms with Gasteiger partial charge in [-0.1, -0.05) is 23.7 Å². The van der Waals surface area contributed by atoms with Gasteiger partial charge < -0.3 is 10.2 Å². The zero-order valence-electron chi connectivity index (χ0n) is 12.8. The van der Waals surface area contributed by atoms with Crippen LogP contribution in [-0.4, -0.2) is 52.9 Å². The third kappa shape index (κ3) is 3.84. The molecule has 7 heteroatoms. The maximum atomic E-state index is 11.5. The summed E-state index contributed by atoms with van der Waals surface area (Å²) in [6, 6.07) is 7.23. The molecule has 0 radical (unpaired) electrons. The molecule has 2 saturated heterocycles. The Balaban J connectivity index is 1.70. The van der Waals surface area contributed by atoms with Crippen molar-refractivity contribution in [2.75, 3.05) is 19.6 Å². The van der Waals surface area contributed by atoms with Gasteiger partial charge in [0.15, 0.2) is 0 Å². The van der Waals surface area contributed by atoms with Gasteiger partial charge in [0, 0.05) is 30.6 Å². The largest absolute Gasteiger partial charge is 0.480 e. The van der Waals surface area contributed by atoms with E-state index in [-0.39, 0.29) is 12.0 Å². The molecule has 23 heavy (non-hydrogen) atoms. The van der Waals surface area contributed by atoms with Crippen LogP contribution in [0.3, 0.4) is 0 Å². The van der Waals surface area contributed by atoms with E-state index in [4.69, 9.17) is 11.6 Å². The summed E-state index contributed by atoms with van der Waals surface area (Å²) >= 11 is 5.94. The van der Waals surface area contributed by atoms with Gasteiger partial charge >= 0.3 is 5.97 Å². The van der Waals surface area contributed by atoms with E-state index in [0.717, 1.165) is 12.1 Å². The van der Waals surface area contributed by atoms with Gasteiger partial charge in [-0.15, -0.1) is 0 Å². The number of aliphatic hydroxyl groups is 1. The Kier molecular flexibility index (Phi) is 5.18. The number of aliphatic carboxylic acids is 1. The SMILES string of the molecule is O=C(O)[C@@H]1C[C@H](O)CCN1CC1CNNC1c1ccc(Cl)cc1. The molecule has 0 amide bonds. The third-order valence-corrected chi connectivity index (χ3v) is 5.01. The van der Waals surface area contributed by atoms with Crippen LogP contribution in [0.15, 0.2) is 24.3 Å². The maximum Gasteiger partial charge on any atom is 0.321 e. The van der Waals surface area contributed by atoms with Crippen LogP contribution in [0.2, 0.25) is 5.02 Å². The number of hydrogen-bond donors (Lipinski definition) is 4. The molecule has 1 aromatic rings. The lowest BCUT2D eigenvalue weighted by Crippen LogP contribution is -2.50. The van der Waals surface area contributed by atoms with Gasteiger partial charge in [0.1, 0.15) is 6.04 Å². The molecule has 0 aliphatic carbocycles. The van der Waals surface area contributed by atoms with E-state index in [2.05, 4.69) is 10.9 Å². The first kappa shape index (κ1) is 16.7. The van der Waals surface area contributed by atoms with E-state index in [1.54, 1.807) is 0 Å². The topological polar surface area (TPSA) is 84.8 Å². The maximum absolute atomic E-state index is 11.5. The molecule has 0 bridgehead atoms. The van der Waals surface area contributed by atoms with Crippen LogP contribution in [0, 0.1) is 5.92 Å². The van der Waals surface area contributed by atoms with E-state index in [1.165, 1.54) is 0 Å². The molecule has 6 nitrogen and oxygen atoms in total. The third-order valence-electron chi connectivity index (χ3n) is 4.76. The van der Waals surface area contributed by atoms with Gasteiger partial charge in [-0.3, -0.25) is 15.1 Å². The molecule has 2 heterocycles. The van der Waals surface area contributed by atoms with Crippen LogP contribution < -0.4 is 10.9 Å². The Bertz CT molecular complexity index is 554. The second-order valence-electron chi connectivity index (χ2n) is 6.34. The number of hydrazine groups is 1. The molecule has 0 spiro atoms. The van der Waals surface area contributed by atoms with E-state index in [0.29, 0.717) is 31.0 Å². The number of carbonyl (C=O) groups is 1. The molecule has 0 aromatic heterocycles. The van der Waals surface area contributed by atoms with Crippen molar-refractivity contribution in [3.8, 4) is 0 Å². The number of benzene rings is 1. The van der Waals surface area contributed by atoms with Crippen LogP contribution in [0.5, 0.6) is 0 Å². The van der Waals surface area contributed by atoms with Gasteiger partial charge in [0.05, 0.1) is 12.1 Å². The number of aliphatic hydroxyl groups excluding tert-OH is 1. The van der Waals surface area contributed by atoms with Crippen LogP contribution in [0.1, 0.15) is 24.4 Å². The van der Waals surface area contributed by atoms with Crippen molar-refractivity contribution in [1.29, 1.82) is 0 Å². The predicted octanol–water partition coefficient (Wildman–Crippen LogP) is 1.02. The number of carboxylic acid groups (broad SMARTS) is 1. The molecule has 3 rings (SSSR count). The minimum atomic E-state index is -0.856. The first-order chi connectivity index (χ1) is 11.0. The molecular formula is C16H22ClN3O3. The van der Waals surface area contributed by atoms with E-state index >= 15 is 0 Å². The van der Waals surface area contributed by atoms with E-state index in [9.17, 15) is 15.0 Å². The lowest BCUT2D eigenvalue weighted by molar-refractivity contribution is -0.147. The molecule has 4 atom stereocenters. The molecule has 2 aliphatic rings. The summed E-state index contributed by atoms with van der Waals surface area (Å²) in [5.41, 5.74) is 7.57. The summed E-state index contributed by atoms with van der Waals surface area (Å²) in [6.07, 6.45) is 0.413. The van der Waals surface area contributed by atoms with Gasteiger partial charge in [-0.05, 0) is 30.5 Å². The predicted molar refractivity (Wildman–Crippen MR) is 87.1 cm³/mol. The highest BCUT2D eigenvalue weighted by molar-refractivity contribution is 6.30. The number of nitrogens with zero attached hydrogens (tertiary/aromatic N) is 1. The van der Waals surface area contributed by atoms with Crippen LogP contribution in [-0.2, 0) is 4.79 Å². The van der Waals surface area contributed by atoms with Crippen molar-refractivity contribution in [2.45, 2.75) is 31.0 Å². The quantitative estimate of drug-likeness (QED) is 0.655. The second kappa shape index (κ2) is 7.15. The second-order valence-corrected chi connectivity index (χ2v) is 6.78. The molecule has 2 unspecified atom stereocenters. The van der Waals surface area contributed by atoms with Crippen molar-refractivity contribution < 1.29 is 15.0 Å². The average molecular weight is 340 g/mol. The van der Waals surface area contributed by atoms with Gasteiger partial charge in [-0.25, -0.2) is 5.43 Å². The molecule has 0 saturated carbocycles. The summed E-state index contributed by atoms with van der Waals surface area (Å²) in [5, 5.41) is 19.9. The monoisotopic (exact) mass is 339 g/mol. The zero-order valence-corrected chi connectivity index (χ0v) is 13.5. The number of nitrogens with one attached hydrogen (secondary N) is 2. The highest BCUT2D eigenvalue weighted by Crippen LogP contribution is 2.29.